The van der Waals surface area contributed by atoms with Gasteiger partial charge in [0.15, 0.2) is 0 Å². The number of nitrogens with zero attached hydrogens (tertiary/aromatic N) is 1. The van der Waals surface area contributed by atoms with Crippen LogP contribution in [0.25, 0.3) is 0 Å². The SMILES string of the molecule is C.Cc1nccc(OC2CCNCC2)c1C. The summed E-state index contributed by atoms with van der Waals surface area (Å²) < 4.78 is 5.99. The molecule has 1 N–H and O–H groups in total. The van der Waals surface area contributed by atoms with E-state index in [9.17, 15) is 0 Å². The van der Waals surface area contributed by atoms with Gasteiger partial charge in [0.05, 0.1) is 0 Å². The number of hydrogen-bond acceptors (Lipinski definition) is 3. The molecular formula is C13H22N2O. The Bertz CT molecular complexity index is 333. The van der Waals surface area contributed by atoms with Crippen LogP contribution in [0.1, 0.15) is 31.5 Å². The summed E-state index contributed by atoms with van der Waals surface area (Å²) in [4.78, 5) is 4.24. The molecule has 0 radical (unpaired) electrons. The number of nitrogens with one attached hydrogen (secondary N) is 1. The molecule has 2 rings (SSSR count). The number of pyridine rings is 1. The Morgan fingerprint density at radius 3 is 2.69 bits per heavy atom. The molecule has 1 aromatic heterocycles. The standard InChI is InChI=1S/C12H18N2O.CH4/c1-9-10(2)14-8-5-12(9)15-11-3-6-13-7-4-11;/h5,8,11,13H,3-4,6-7H2,1-2H3;1H4. The largest absolute Gasteiger partial charge is 0.490 e. The minimum Gasteiger partial charge on any atom is -0.490 e. The lowest BCUT2D eigenvalue weighted by molar-refractivity contribution is 0.161. The van der Waals surface area contributed by atoms with Gasteiger partial charge >= 0.3 is 0 Å². The zero-order valence-electron chi connectivity index (χ0n) is 9.42. The number of ether oxygens (including phenoxy) is 1. The van der Waals surface area contributed by atoms with Gasteiger partial charge in [-0.1, -0.05) is 7.43 Å². The minimum absolute atomic E-state index is 0. The molecular weight excluding hydrogens is 200 g/mol. The summed E-state index contributed by atoms with van der Waals surface area (Å²) in [6.07, 6.45) is 4.38. The van der Waals surface area contributed by atoms with Crippen molar-refractivity contribution in [2.24, 2.45) is 0 Å². The average molecular weight is 222 g/mol. The Labute approximate surface area is 98.2 Å². The summed E-state index contributed by atoms with van der Waals surface area (Å²) in [5.41, 5.74) is 2.22. The van der Waals surface area contributed by atoms with Gasteiger partial charge < -0.3 is 10.1 Å². The van der Waals surface area contributed by atoms with Gasteiger partial charge in [-0.15, -0.1) is 0 Å². The third-order valence-corrected chi connectivity index (χ3v) is 2.99. The summed E-state index contributed by atoms with van der Waals surface area (Å²) >= 11 is 0. The number of aromatic nitrogens is 1. The molecule has 90 valence electrons. The monoisotopic (exact) mass is 222 g/mol. The lowest BCUT2D eigenvalue weighted by atomic mass is 10.1. The Hall–Kier alpha value is -1.09. The third-order valence-electron chi connectivity index (χ3n) is 2.99. The van der Waals surface area contributed by atoms with Crippen LogP contribution in [-0.4, -0.2) is 24.2 Å². The first kappa shape index (κ1) is 13.0. The smallest absolute Gasteiger partial charge is 0.125 e. The highest BCUT2D eigenvalue weighted by Crippen LogP contribution is 2.22. The van der Waals surface area contributed by atoms with Gasteiger partial charge in [-0.2, -0.15) is 0 Å². The highest BCUT2D eigenvalue weighted by atomic mass is 16.5. The molecule has 1 saturated heterocycles. The van der Waals surface area contributed by atoms with Crippen molar-refractivity contribution in [1.29, 1.82) is 0 Å². The molecule has 0 amide bonds. The van der Waals surface area contributed by atoms with E-state index in [1.165, 1.54) is 0 Å². The maximum atomic E-state index is 5.99. The van der Waals surface area contributed by atoms with Gasteiger partial charge in [0, 0.05) is 17.5 Å². The van der Waals surface area contributed by atoms with E-state index in [-0.39, 0.29) is 7.43 Å². The number of rotatable bonds is 2. The number of aryl methyl sites for hydroxylation is 1. The van der Waals surface area contributed by atoms with E-state index in [1.54, 1.807) is 0 Å². The summed E-state index contributed by atoms with van der Waals surface area (Å²) in [7, 11) is 0. The minimum atomic E-state index is 0. The fourth-order valence-corrected chi connectivity index (χ4v) is 1.84. The Kier molecular flexibility index (Phi) is 4.74. The van der Waals surface area contributed by atoms with E-state index < -0.39 is 0 Å². The first-order valence-electron chi connectivity index (χ1n) is 5.57. The van der Waals surface area contributed by atoms with Crippen molar-refractivity contribution in [3.63, 3.8) is 0 Å². The summed E-state index contributed by atoms with van der Waals surface area (Å²) in [5, 5.41) is 3.33. The Morgan fingerprint density at radius 1 is 1.31 bits per heavy atom. The Morgan fingerprint density at radius 2 is 2.00 bits per heavy atom. The van der Waals surface area contributed by atoms with Crippen molar-refractivity contribution < 1.29 is 4.74 Å². The molecule has 1 aromatic rings. The van der Waals surface area contributed by atoms with E-state index in [1.807, 2.05) is 19.2 Å². The van der Waals surface area contributed by atoms with Crippen LogP contribution in [0.15, 0.2) is 12.3 Å². The maximum absolute atomic E-state index is 5.99. The average Bonchev–Trinajstić information content (AvgIpc) is 2.26. The molecule has 0 unspecified atom stereocenters. The lowest BCUT2D eigenvalue weighted by Crippen LogP contribution is -2.34. The third kappa shape index (κ3) is 2.95. The highest BCUT2D eigenvalue weighted by molar-refractivity contribution is 5.33. The van der Waals surface area contributed by atoms with Crippen LogP contribution >= 0.6 is 0 Å². The second-order valence-electron chi connectivity index (χ2n) is 4.09. The van der Waals surface area contributed by atoms with Crippen LogP contribution < -0.4 is 10.1 Å². The zero-order chi connectivity index (χ0) is 10.7. The predicted octanol–water partition coefficient (Wildman–Crippen LogP) is 2.47. The molecule has 0 atom stereocenters. The Balaban J connectivity index is 0.00000128. The topological polar surface area (TPSA) is 34.1 Å². The van der Waals surface area contributed by atoms with Gasteiger partial charge in [0.2, 0.25) is 0 Å². The van der Waals surface area contributed by atoms with Crippen LogP contribution in [0.4, 0.5) is 0 Å². The molecule has 16 heavy (non-hydrogen) atoms. The van der Waals surface area contributed by atoms with Crippen molar-refractivity contribution in [3.05, 3.63) is 23.5 Å². The van der Waals surface area contributed by atoms with Gasteiger partial charge in [-0.05, 0) is 45.8 Å². The summed E-state index contributed by atoms with van der Waals surface area (Å²) in [6, 6.07) is 1.96. The molecule has 1 fully saturated rings. The molecule has 2 heterocycles. The second kappa shape index (κ2) is 5.85. The molecule has 0 bridgehead atoms. The molecule has 3 heteroatoms. The van der Waals surface area contributed by atoms with E-state index in [4.69, 9.17) is 4.74 Å². The summed E-state index contributed by atoms with van der Waals surface area (Å²) in [5.74, 6) is 0.995. The highest BCUT2D eigenvalue weighted by Gasteiger charge is 2.15. The molecule has 0 aliphatic carbocycles. The van der Waals surface area contributed by atoms with E-state index in [0.29, 0.717) is 6.10 Å². The van der Waals surface area contributed by atoms with Crippen molar-refractivity contribution >= 4 is 0 Å². The maximum Gasteiger partial charge on any atom is 0.125 e. The lowest BCUT2D eigenvalue weighted by Gasteiger charge is -2.24. The molecule has 1 aliphatic heterocycles. The van der Waals surface area contributed by atoms with Crippen LogP contribution in [0.2, 0.25) is 0 Å². The molecule has 1 aliphatic rings. The fraction of sp³-hybridized carbons (Fsp3) is 0.615. The molecule has 0 saturated carbocycles. The molecule has 0 spiro atoms. The van der Waals surface area contributed by atoms with E-state index in [0.717, 1.165) is 42.9 Å². The summed E-state index contributed by atoms with van der Waals surface area (Å²) in [6.45, 7) is 6.21. The predicted molar refractivity (Wildman–Crippen MR) is 67.0 cm³/mol. The first-order valence-corrected chi connectivity index (χ1v) is 5.57. The van der Waals surface area contributed by atoms with Crippen LogP contribution in [0.3, 0.4) is 0 Å². The van der Waals surface area contributed by atoms with Gasteiger partial charge in [0.1, 0.15) is 11.9 Å². The molecule has 3 nitrogen and oxygen atoms in total. The number of piperidine rings is 1. The van der Waals surface area contributed by atoms with Crippen molar-refractivity contribution in [2.75, 3.05) is 13.1 Å². The van der Waals surface area contributed by atoms with E-state index >= 15 is 0 Å². The number of hydrogen-bond donors (Lipinski definition) is 1. The second-order valence-corrected chi connectivity index (χ2v) is 4.09. The first-order chi connectivity index (χ1) is 7.27. The van der Waals surface area contributed by atoms with Crippen molar-refractivity contribution in [1.82, 2.24) is 10.3 Å². The quantitative estimate of drug-likeness (QED) is 0.834. The van der Waals surface area contributed by atoms with Crippen LogP contribution in [-0.2, 0) is 0 Å². The van der Waals surface area contributed by atoms with Crippen LogP contribution in [0, 0.1) is 13.8 Å². The fourth-order valence-electron chi connectivity index (χ4n) is 1.84. The van der Waals surface area contributed by atoms with Crippen molar-refractivity contribution in [2.45, 2.75) is 40.2 Å². The van der Waals surface area contributed by atoms with Gasteiger partial charge in [-0.25, -0.2) is 0 Å². The normalized spacial score (nSPS) is 16.6. The molecule has 0 aromatic carbocycles. The van der Waals surface area contributed by atoms with Gasteiger partial charge in [-0.3, -0.25) is 4.98 Å². The van der Waals surface area contributed by atoms with Crippen LogP contribution in [0.5, 0.6) is 5.75 Å². The zero-order valence-corrected chi connectivity index (χ0v) is 9.42. The van der Waals surface area contributed by atoms with Gasteiger partial charge in [0.25, 0.3) is 0 Å². The van der Waals surface area contributed by atoms with Crippen molar-refractivity contribution in [3.8, 4) is 5.75 Å². The van der Waals surface area contributed by atoms with E-state index in [2.05, 4.69) is 17.2 Å².